The fourth-order valence-corrected chi connectivity index (χ4v) is 2.75. The van der Waals surface area contributed by atoms with Crippen molar-refractivity contribution in [3.05, 3.63) is 17.7 Å². The summed E-state index contributed by atoms with van der Waals surface area (Å²) in [5.41, 5.74) is 8.94. The molecule has 0 aromatic heterocycles. The van der Waals surface area contributed by atoms with Crippen molar-refractivity contribution >= 4 is 29.0 Å². The maximum atomic E-state index is 11.3. The van der Waals surface area contributed by atoms with Crippen molar-refractivity contribution in [3.8, 4) is 0 Å². The first kappa shape index (κ1) is 12.3. The Morgan fingerprint density at radius 2 is 2.18 bits per heavy atom. The molecule has 92 valence electrons. The van der Waals surface area contributed by atoms with Crippen LogP contribution in [0.3, 0.4) is 0 Å². The van der Waals surface area contributed by atoms with Crippen LogP contribution < -0.4 is 11.1 Å². The molecule has 17 heavy (non-hydrogen) atoms. The molecular formula is C13H18N2OS. The third kappa shape index (κ3) is 2.94. The topological polar surface area (TPSA) is 55.1 Å². The number of benzene rings is 1. The number of hydrogen-bond donors (Lipinski definition) is 2. The van der Waals surface area contributed by atoms with Gasteiger partial charge in [0.15, 0.2) is 0 Å². The Bertz CT molecular complexity index is 443. The summed E-state index contributed by atoms with van der Waals surface area (Å²) in [6, 6.07) is 4.01. The van der Waals surface area contributed by atoms with E-state index in [2.05, 4.69) is 19.2 Å². The average molecular weight is 250 g/mol. The lowest BCUT2D eigenvalue weighted by atomic mass is 10.0. The number of anilines is 2. The molecule has 0 spiro atoms. The molecule has 1 aromatic rings. The maximum Gasteiger partial charge on any atom is 0.224 e. The zero-order chi connectivity index (χ0) is 12.4. The van der Waals surface area contributed by atoms with Crippen LogP contribution in [0.2, 0.25) is 0 Å². The zero-order valence-corrected chi connectivity index (χ0v) is 11.1. The molecule has 1 aliphatic heterocycles. The van der Waals surface area contributed by atoms with E-state index in [9.17, 15) is 4.79 Å². The summed E-state index contributed by atoms with van der Waals surface area (Å²) in [6.45, 7) is 4.37. The lowest BCUT2D eigenvalue weighted by Crippen LogP contribution is -2.19. The summed E-state index contributed by atoms with van der Waals surface area (Å²) in [5, 5.41) is 2.91. The third-order valence-corrected chi connectivity index (χ3v) is 4.20. The first-order valence-corrected chi connectivity index (χ1v) is 6.90. The molecule has 3 N–H and O–H groups in total. The van der Waals surface area contributed by atoms with Gasteiger partial charge in [0.1, 0.15) is 0 Å². The fraction of sp³-hybridized carbons (Fsp3) is 0.462. The molecule has 1 amide bonds. The molecule has 0 saturated heterocycles. The number of carbonyl (C=O) groups is 1. The van der Waals surface area contributed by atoms with Crippen molar-refractivity contribution in [2.45, 2.75) is 31.6 Å². The number of nitrogens with two attached hydrogens (primary N) is 1. The summed E-state index contributed by atoms with van der Waals surface area (Å²) in [6.07, 6.45) is 1.35. The second-order valence-corrected chi connectivity index (χ2v) is 5.86. The van der Waals surface area contributed by atoms with Gasteiger partial charge in [0.2, 0.25) is 5.91 Å². The number of rotatable bonds is 3. The summed E-state index contributed by atoms with van der Waals surface area (Å²) < 4.78 is 0. The first-order chi connectivity index (χ1) is 8.06. The van der Waals surface area contributed by atoms with Gasteiger partial charge < -0.3 is 11.1 Å². The highest BCUT2D eigenvalue weighted by molar-refractivity contribution is 7.99. The SMILES string of the molecule is CC(C)CSc1cc2c(cc1N)CCC(=O)N2. The summed E-state index contributed by atoms with van der Waals surface area (Å²) in [7, 11) is 0. The molecule has 3 nitrogen and oxygen atoms in total. The number of nitrogens with one attached hydrogen (secondary N) is 1. The van der Waals surface area contributed by atoms with Gasteiger partial charge >= 0.3 is 0 Å². The lowest BCUT2D eigenvalue weighted by Gasteiger charge is -2.19. The van der Waals surface area contributed by atoms with E-state index in [1.807, 2.05) is 12.1 Å². The third-order valence-electron chi connectivity index (χ3n) is 2.70. The monoisotopic (exact) mass is 250 g/mol. The zero-order valence-electron chi connectivity index (χ0n) is 10.2. The van der Waals surface area contributed by atoms with Crippen LogP contribution in [0.4, 0.5) is 11.4 Å². The second kappa shape index (κ2) is 5.00. The molecule has 0 atom stereocenters. The van der Waals surface area contributed by atoms with Crippen molar-refractivity contribution in [2.75, 3.05) is 16.8 Å². The minimum atomic E-state index is 0.0991. The van der Waals surface area contributed by atoms with Gasteiger partial charge in [-0.3, -0.25) is 4.79 Å². The van der Waals surface area contributed by atoms with Crippen LogP contribution in [0.15, 0.2) is 17.0 Å². The number of amides is 1. The van der Waals surface area contributed by atoms with Crippen LogP contribution >= 0.6 is 11.8 Å². The highest BCUT2D eigenvalue weighted by Crippen LogP contribution is 2.34. The van der Waals surface area contributed by atoms with Crippen molar-refractivity contribution in [2.24, 2.45) is 5.92 Å². The van der Waals surface area contributed by atoms with Crippen molar-refractivity contribution < 1.29 is 4.79 Å². The minimum Gasteiger partial charge on any atom is -0.398 e. The maximum absolute atomic E-state index is 11.3. The van der Waals surface area contributed by atoms with Gasteiger partial charge in [-0.25, -0.2) is 0 Å². The molecule has 0 saturated carbocycles. The van der Waals surface area contributed by atoms with E-state index in [0.29, 0.717) is 12.3 Å². The van der Waals surface area contributed by atoms with Gasteiger partial charge in [-0.05, 0) is 30.0 Å². The van der Waals surface area contributed by atoms with E-state index in [1.54, 1.807) is 11.8 Å². The van der Waals surface area contributed by atoms with Gasteiger partial charge in [-0.1, -0.05) is 13.8 Å². The lowest BCUT2D eigenvalue weighted by molar-refractivity contribution is -0.116. The van der Waals surface area contributed by atoms with Gasteiger partial charge in [0, 0.05) is 28.4 Å². The normalized spacial score (nSPS) is 14.6. The van der Waals surface area contributed by atoms with Gasteiger partial charge in [-0.15, -0.1) is 11.8 Å². The van der Waals surface area contributed by atoms with Crippen LogP contribution in [-0.4, -0.2) is 11.7 Å². The van der Waals surface area contributed by atoms with Crippen LogP contribution in [0.5, 0.6) is 0 Å². The number of hydrogen-bond acceptors (Lipinski definition) is 3. The number of thioether (sulfide) groups is 1. The number of carbonyl (C=O) groups excluding carboxylic acids is 1. The predicted molar refractivity (Wildman–Crippen MR) is 73.4 cm³/mol. The van der Waals surface area contributed by atoms with Gasteiger partial charge in [-0.2, -0.15) is 0 Å². The van der Waals surface area contributed by atoms with Gasteiger partial charge in [0.25, 0.3) is 0 Å². The Labute approximate surface area is 106 Å². The molecule has 2 rings (SSSR count). The molecule has 0 unspecified atom stereocenters. The molecule has 0 aliphatic carbocycles. The van der Waals surface area contributed by atoms with E-state index in [0.717, 1.165) is 34.0 Å². The Balaban J connectivity index is 2.23. The van der Waals surface area contributed by atoms with Gasteiger partial charge in [0.05, 0.1) is 0 Å². The summed E-state index contributed by atoms with van der Waals surface area (Å²) in [4.78, 5) is 12.4. The molecule has 1 aromatic carbocycles. The summed E-state index contributed by atoms with van der Waals surface area (Å²) >= 11 is 1.75. The molecule has 1 heterocycles. The highest BCUT2D eigenvalue weighted by Gasteiger charge is 2.16. The van der Waals surface area contributed by atoms with Crippen LogP contribution in [0.1, 0.15) is 25.8 Å². The van der Waals surface area contributed by atoms with Crippen molar-refractivity contribution in [3.63, 3.8) is 0 Å². The fourth-order valence-electron chi connectivity index (χ4n) is 1.81. The Kier molecular flexibility index (Phi) is 3.62. The first-order valence-electron chi connectivity index (χ1n) is 5.91. The van der Waals surface area contributed by atoms with E-state index < -0.39 is 0 Å². The van der Waals surface area contributed by atoms with E-state index in [1.165, 1.54) is 0 Å². The smallest absolute Gasteiger partial charge is 0.224 e. The Morgan fingerprint density at radius 3 is 2.88 bits per heavy atom. The highest BCUT2D eigenvalue weighted by atomic mass is 32.2. The largest absolute Gasteiger partial charge is 0.398 e. The van der Waals surface area contributed by atoms with E-state index in [-0.39, 0.29) is 5.91 Å². The standard InChI is InChI=1S/C13H18N2OS/c1-8(2)7-17-12-6-11-9(5-10(12)14)3-4-13(16)15-11/h5-6,8H,3-4,7,14H2,1-2H3,(H,15,16). The molecular weight excluding hydrogens is 232 g/mol. The van der Waals surface area contributed by atoms with E-state index >= 15 is 0 Å². The molecule has 0 radical (unpaired) electrons. The predicted octanol–water partition coefficient (Wildman–Crippen LogP) is 2.90. The van der Waals surface area contributed by atoms with E-state index in [4.69, 9.17) is 5.73 Å². The molecule has 1 aliphatic rings. The average Bonchev–Trinajstić information content (AvgIpc) is 2.26. The summed E-state index contributed by atoms with van der Waals surface area (Å²) in [5.74, 6) is 1.77. The van der Waals surface area contributed by atoms with Crippen molar-refractivity contribution in [1.82, 2.24) is 0 Å². The quantitative estimate of drug-likeness (QED) is 0.640. The van der Waals surface area contributed by atoms with Crippen LogP contribution in [0, 0.1) is 5.92 Å². The minimum absolute atomic E-state index is 0.0991. The number of aryl methyl sites for hydroxylation is 1. The second-order valence-electron chi connectivity index (χ2n) is 4.80. The Hall–Kier alpha value is -1.16. The van der Waals surface area contributed by atoms with Crippen molar-refractivity contribution in [1.29, 1.82) is 0 Å². The molecule has 0 bridgehead atoms. The number of fused-ring (bicyclic) bond motifs is 1. The number of nitrogen functional groups attached to an aromatic ring is 1. The molecule has 0 fully saturated rings. The van der Waals surface area contributed by atoms with Crippen LogP contribution in [-0.2, 0) is 11.2 Å². The molecule has 4 heteroatoms. The van der Waals surface area contributed by atoms with Crippen LogP contribution in [0.25, 0.3) is 0 Å². The Morgan fingerprint density at radius 1 is 1.41 bits per heavy atom.